The summed E-state index contributed by atoms with van der Waals surface area (Å²) in [4.78, 5) is 8.39. The summed E-state index contributed by atoms with van der Waals surface area (Å²) < 4.78 is 5.83. The number of aromatic nitrogens is 2. The Bertz CT molecular complexity index is 577. The zero-order chi connectivity index (χ0) is 13.1. The molecule has 0 atom stereocenters. The summed E-state index contributed by atoms with van der Waals surface area (Å²) in [7, 11) is 1.56. The third-order valence-electron chi connectivity index (χ3n) is 2.34. The summed E-state index contributed by atoms with van der Waals surface area (Å²) in [5.74, 6) is 0.958. The minimum Gasteiger partial charge on any atom is -0.480 e. The van der Waals surface area contributed by atoms with E-state index >= 15 is 0 Å². The number of ether oxygens (including phenoxy) is 1. The van der Waals surface area contributed by atoms with Gasteiger partial charge in [-0.1, -0.05) is 11.6 Å². The van der Waals surface area contributed by atoms with Crippen molar-refractivity contribution in [2.45, 2.75) is 6.92 Å². The van der Waals surface area contributed by atoms with E-state index in [9.17, 15) is 0 Å². The molecule has 18 heavy (non-hydrogen) atoms. The lowest BCUT2D eigenvalue weighted by Crippen LogP contribution is -2.00. The number of halogens is 2. The van der Waals surface area contributed by atoms with Crippen molar-refractivity contribution >= 4 is 39.2 Å². The number of benzene rings is 1. The standard InChI is InChI=1S/C12H11BrClN3O/c1-7-5-8(14)3-4-10(7)16-12-15-6-9(13)11(17-12)18-2/h3-6H,1-2H3,(H,15,16,17). The van der Waals surface area contributed by atoms with Gasteiger partial charge in [0.15, 0.2) is 0 Å². The number of anilines is 2. The fourth-order valence-electron chi connectivity index (χ4n) is 1.44. The normalized spacial score (nSPS) is 10.2. The van der Waals surface area contributed by atoms with Gasteiger partial charge in [-0.3, -0.25) is 0 Å². The number of hydrogen-bond acceptors (Lipinski definition) is 4. The minimum absolute atomic E-state index is 0.473. The third kappa shape index (κ3) is 2.91. The van der Waals surface area contributed by atoms with Gasteiger partial charge in [-0.05, 0) is 46.6 Å². The van der Waals surface area contributed by atoms with Crippen molar-refractivity contribution in [3.8, 4) is 5.88 Å². The zero-order valence-electron chi connectivity index (χ0n) is 9.87. The molecule has 0 radical (unpaired) electrons. The third-order valence-corrected chi connectivity index (χ3v) is 3.12. The Morgan fingerprint density at radius 3 is 2.83 bits per heavy atom. The molecule has 94 valence electrons. The molecule has 0 saturated carbocycles. The molecule has 0 fully saturated rings. The average molecular weight is 329 g/mol. The van der Waals surface area contributed by atoms with Crippen molar-refractivity contribution in [2.24, 2.45) is 0 Å². The molecular weight excluding hydrogens is 318 g/mol. The summed E-state index contributed by atoms with van der Waals surface area (Å²) in [6.45, 7) is 1.96. The number of aryl methyl sites for hydroxylation is 1. The number of nitrogens with zero attached hydrogens (tertiary/aromatic N) is 2. The van der Waals surface area contributed by atoms with Crippen LogP contribution in [0, 0.1) is 6.92 Å². The fraction of sp³-hybridized carbons (Fsp3) is 0.167. The SMILES string of the molecule is COc1nc(Nc2ccc(Cl)cc2C)ncc1Br. The van der Waals surface area contributed by atoms with Crippen molar-refractivity contribution in [3.05, 3.63) is 39.5 Å². The van der Waals surface area contributed by atoms with Crippen LogP contribution in [0.1, 0.15) is 5.56 Å². The lowest BCUT2D eigenvalue weighted by atomic mass is 10.2. The molecule has 0 aliphatic heterocycles. The molecule has 2 rings (SSSR count). The first kappa shape index (κ1) is 13.1. The molecule has 1 N–H and O–H groups in total. The number of hydrogen-bond donors (Lipinski definition) is 1. The molecule has 0 saturated heterocycles. The van der Waals surface area contributed by atoms with Crippen molar-refractivity contribution in [3.63, 3.8) is 0 Å². The summed E-state index contributed by atoms with van der Waals surface area (Å²) in [6, 6.07) is 5.57. The molecule has 0 spiro atoms. The van der Waals surface area contributed by atoms with E-state index in [-0.39, 0.29) is 0 Å². The maximum atomic E-state index is 5.90. The molecule has 0 unspecified atom stereocenters. The quantitative estimate of drug-likeness (QED) is 0.926. The maximum absolute atomic E-state index is 5.90. The van der Waals surface area contributed by atoms with Gasteiger partial charge in [-0.2, -0.15) is 4.98 Å². The van der Waals surface area contributed by atoms with Crippen molar-refractivity contribution in [1.82, 2.24) is 9.97 Å². The van der Waals surface area contributed by atoms with Gasteiger partial charge in [0.2, 0.25) is 11.8 Å². The topological polar surface area (TPSA) is 47.0 Å². The van der Waals surface area contributed by atoms with Crippen LogP contribution in [-0.2, 0) is 0 Å². The second-order valence-corrected chi connectivity index (χ2v) is 4.93. The van der Waals surface area contributed by atoms with Crippen LogP contribution in [0.3, 0.4) is 0 Å². The predicted molar refractivity (Wildman–Crippen MR) is 75.8 cm³/mol. The van der Waals surface area contributed by atoms with Crippen LogP contribution in [0.5, 0.6) is 5.88 Å². The molecule has 0 bridgehead atoms. The average Bonchev–Trinajstić information content (AvgIpc) is 2.35. The van der Waals surface area contributed by atoms with Crippen LogP contribution in [-0.4, -0.2) is 17.1 Å². The van der Waals surface area contributed by atoms with E-state index < -0.39 is 0 Å². The van der Waals surface area contributed by atoms with E-state index in [0.29, 0.717) is 21.3 Å². The smallest absolute Gasteiger partial charge is 0.232 e. The molecule has 1 aromatic carbocycles. The van der Waals surface area contributed by atoms with Gasteiger partial charge >= 0.3 is 0 Å². The van der Waals surface area contributed by atoms with Gasteiger partial charge in [0.05, 0.1) is 17.8 Å². The van der Waals surface area contributed by atoms with Gasteiger partial charge in [-0.25, -0.2) is 4.98 Å². The summed E-state index contributed by atoms with van der Waals surface area (Å²) in [6.07, 6.45) is 1.64. The first-order chi connectivity index (χ1) is 8.60. The van der Waals surface area contributed by atoms with Crippen LogP contribution >= 0.6 is 27.5 Å². The highest BCUT2D eigenvalue weighted by Gasteiger charge is 2.06. The van der Waals surface area contributed by atoms with Gasteiger partial charge in [-0.15, -0.1) is 0 Å². The predicted octanol–water partition coefficient (Wildman–Crippen LogP) is 3.95. The van der Waals surface area contributed by atoms with E-state index in [1.54, 1.807) is 13.3 Å². The second-order valence-electron chi connectivity index (χ2n) is 3.64. The fourth-order valence-corrected chi connectivity index (χ4v) is 2.02. The second kappa shape index (κ2) is 5.54. The van der Waals surface area contributed by atoms with E-state index in [4.69, 9.17) is 16.3 Å². The molecule has 4 nitrogen and oxygen atoms in total. The first-order valence-electron chi connectivity index (χ1n) is 5.20. The first-order valence-corrected chi connectivity index (χ1v) is 6.37. The van der Waals surface area contributed by atoms with Crippen LogP contribution in [0.25, 0.3) is 0 Å². The molecule has 1 aromatic heterocycles. The molecule has 1 heterocycles. The zero-order valence-corrected chi connectivity index (χ0v) is 12.2. The van der Waals surface area contributed by atoms with E-state index in [1.807, 2.05) is 25.1 Å². The largest absolute Gasteiger partial charge is 0.480 e. The van der Waals surface area contributed by atoms with Gasteiger partial charge in [0, 0.05) is 10.7 Å². The number of methoxy groups -OCH3 is 1. The molecule has 6 heteroatoms. The Kier molecular flexibility index (Phi) is 4.04. The summed E-state index contributed by atoms with van der Waals surface area (Å²) in [5.41, 5.74) is 1.93. The maximum Gasteiger partial charge on any atom is 0.232 e. The summed E-state index contributed by atoms with van der Waals surface area (Å²) >= 11 is 9.21. The van der Waals surface area contributed by atoms with Crippen molar-refractivity contribution in [2.75, 3.05) is 12.4 Å². The van der Waals surface area contributed by atoms with Crippen LogP contribution in [0.4, 0.5) is 11.6 Å². The Labute approximate surface area is 118 Å². The molecule has 0 amide bonds. The Hall–Kier alpha value is -1.33. The Morgan fingerprint density at radius 1 is 1.39 bits per heavy atom. The lowest BCUT2D eigenvalue weighted by Gasteiger charge is -2.09. The number of nitrogens with one attached hydrogen (secondary N) is 1. The van der Waals surface area contributed by atoms with Gasteiger partial charge in [0.25, 0.3) is 0 Å². The molecular formula is C12H11BrClN3O. The van der Waals surface area contributed by atoms with Crippen molar-refractivity contribution in [1.29, 1.82) is 0 Å². The molecule has 2 aromatic rings. The van der Waals surface area contributed by atoms with Crippen LogP contribution in [0.2, 0.25) is 5.02 Å². The number of rotatable bonds is 3. The Morgan fingerprint density at radius 2 is 2.17 bits per heavy atom. The Balaban J connectivity index is 2.28. The van der Waals surface area contributed by atoms with Gasteiger partial charge < -0.3 is 10.1 Å². The minimum atomic E-state index is 0.473. The molecule has 0 aliphatic carbocycles. The van der Waals surface area contributed by atoms with Gasteiger partial charge in [0.1, 0.15) is 0 Å². The highest BCUT2D eigenvalue weighted by atomic mass is 79.9. The van der Waals surface area contributed by atoms with E-state index in [2.05, 4.69) is 31.2 Å². The van der Waals surface area contributed by atoms with Crippen LogP contribution < -0.4 is 10.1 Å². The lowest BCUT2D eigenvalue weighted by molar-refractivity contribution is 0.394. The van der Waals surface area contributed by atoms with Crippen LogP contribution in [0.15, 0.2) is 28.9 Å². The highest BCUT2D eigenvalue weighted by molar-refractivity contribution is 9.10. The highest BCUT2D eigenvalue weighted by Crippen LogP contribution is 2.25. The summed E-state index contributed by atoms with van der Waals surface area (Å²) in [5, 5.41) is 3.82. The van der Waals surface area contributed by atoms with E-state index in [1.165, 1.54) is 0 Å². The van der Waals surface area contributed by atoms with E-state index in [0.717, 1.165) is 11.3 Å². The monoisotopic (exact) mass is 327 g/mol. The van der Waals surface area contributed by atoms with Crippen molar-refractivity contribution < 1.29 is 4.74 Å². The molecule has 0 aliphatic rings.